The molecule has 2 N–H and O–H groups in total. The number of nitrogens with two attached hydrogens (primary N) is 1. The number of hydroxylamine groups is 2. The lowest BCUT2D eigenvalue weighted by atomic mass is 10.1. The van der Waals surface area contributed by atoms with Crippen molar-refractivity contribution in [3.63, 3.8) is 0 Å². The van der Waals surface area contributed by atoms with Gasteiger partial charge in [-0.1, -0.05) is 22.7 Å². The normalized spacial score (nSPS) is 22.3. The van der Waals surface area contributed by atoms with Crippen LogP contribution in [-0.4, -0.2) is 56.1 Å². The van der Waals surface area contributed by atoms with E-state index in [0.717, 1.165) is 18.5 Å². The van der Waals surface area contributed by atoms with Gasteiger partial charge in [0.25, 0.3) is 5.91 Å². The highest BCUT2D eigenvalue weighted by Crippen LogP contribution is 2.44. The maximum absolute atomic E-state index is 13.4. The zero-order valence-corrected chi connectivity index (χ0v) is 19.4. The molecule has 11 heteroatoms. The van der Waals surface area contributed by atoms with Crippen LogP contribution < -0.4 is 5.73 Å². The average Bonchev–Trinajstić information content (AvgIpc) is 3.47. The SMILES string of the molecule is CC(C)(C)OC(=O)C1=NC(c2ncn3c2[C@@H]2CCCN2C(=O)c2c(Cl)cccc2-3)N(CN)O1. The Kier molecular flexibility index (Phi) is 5.19. The van der Waals surface area contributed by atoms with Crippen molar-refractivity contribution in [1.82, 2.24) is 19.5 Å². The third-order valence-corrected chi connectivity index (χ3v) is 6.16. The molecular weight excluding hydrogens is 448 g/mol. The first-order chi connectivity index (χ1) is 15.7. The fourth-order valence-electron chi connectivity index (χ4n) is 4.56. The smallest absolute Gasteiger partial charge is 0.396 e. The number of imidazole rings is 1. The lowest BCUT2D eigenvalue weighted by molar-refractivity contribution is -0.152. The molecule has 0 saturated carbocycles. The van der Waals surface area contributed by atoms with Crippen LogP contribution in [0.25, 0.3) is 5.69 Å². The highest BCUT2D eigenvalue weighted by Gasteiger charge is 2.44. The van der Waals surface area contributed by atoms with Gasteiger partial charge < -0.3 is 20.2 Å². The molecule has 1 amide bonds. The molecule has 0 aliphatic carbocycles. The number of aliphatic imine (C=N–C) groups is 1. The second-order valence-electron chi connectivity index (χ2n) is 9.18. The van der Waals surface area contributed by atoms with E-state index in [1.54, 1.807) is 39.2 Å². The van der Waals surface area contributed by atoms with E-state index in [9.17, 15) is 9.59 Å². The summed E-state index contributed by atoms with van der Waals surface area (Å²) in [7, 11) is 0. The Morgan fingerprint density at radius 3 is 2.88 bits per heavy atom. The van der Waals surface area contributed by atoms with Crippen molar-refractivity contribution in [2.75, 3.05) is 13.2 Å². The van der Waals surface area contributed by atoms with E-state index < -0.39 is 17.7 Å². The van der Waals surface area contributed by atoms with Crippen LogP contribution in [0.4, 0.5) is 0 Å². The maximum Gasteiger partial charge on any atom is 0.396 e. The van der Waals surface area contributed by atoms with Gasteiger partial charge in [0.15, 0.2) is 6.17 Å². The molecule has 4 heterocycles. The van der Waals surface area contributed by atoms with E-state index in [0.29, 0.717) is 28.5 Å². The second-order valence-corrected chi connectivity index (χ2v) is 9.58. The second kappa shape index (κ2) is 7.82. The molecule has 2 aromatic rings. The van der Waals surface area contributed by atoms with Crippen molar-refractivity contribution < 1.29 is 19.2 Å². The van der Waals surface area contributed by atoms with Gasteiger partial charge in [-0.15, -0.1) is 0 Å². The summed E-state index contributed by atoms with van der Waals surface area (Å²) >= 11 is 6.45. The summed E-state index contributed by atoms with van der Waals surface area (Å²) in [6.45, 7) is 5.89. The molecule has 2 atom stereocenters. The molecule has 1 aromatic carbocycles. The van der Waals surface area contributed by atoms with E-state index in [2.05, 4.69) is 9.98 Å². The third kappa shape index (κ3) is 3.58. The maximum atomic E-state index is 13.4. The molecule has 33 heavy (non-hydrogen) atoms. The number of aromatic nitrogens is 2. The number of nitrogens with zero attached hydrogens (tertiary/aromatic N) is 5. The first-order valence-electron chi connectivity index (χ1n) is 10.8. The molecule has 1 fully saturated rings. The Morgan fingerprint density at radius 2 is 2.15 bits per heavy atom. The number of rotatable bonds is 3. The van der Waals surface area contributed by atoms with Crippen LogP contribution in [0.3, 0.4) is 0 Å². The van der Waals surface area contributed by atoms with E-state index >= 15 is 0 Å². The number of benzene rings is 1. The zero-order chi connectivity index (χ0) is 23.5. The molecule has 0 spiro atoms. The summed E-state index contributed by atoms with van der Waals surface area (Å²) in [4.78, 5) is 42.5. The molecule has 1 saturated heterocycles. The van der Waals surface area contributed by atoms with Gasteiger partial charge in [0.1, 0.15) is 11.3 Å². The van der Waals surface area contributed by atoms with E-state index in [4.69, 9.17) is 26.9 Å². The van der Waals surface area contributed by atoms with Crippen molar-refractivity contribution in [3.05, 3.63) is 46.5 Å². The summed E-state index contributed by atoms with van der Waals surface area (Å²) in [6, 6.07) is 5.15. The molecule has 3 aliphatic rings. The summed E-state index contributed by atoms with van der Waals surface area (Å²) in [5.41, 5.74) is 7.69. The number of hydrogen-bond acceptors (Lipinski definition) is 8. The molecule has 10 nitrogen and oxygen atoms in total. The summed E-state index contributed by atoms with van der Waals surface area (Å²) in [5.74, 6) is -0.967. The molecule has 5 rings (SSSR count). The van der Waals surface area contributed by atoms with Crippen molar-refractivity contribution in [2.45, 2.75) is 51.4 Å². The standard InChI is InChI=1S/C22H25ClN6O4/c1-22(2,3)32-21(31)19-26-18(29(10-24)33-19)16-17-14-8-5-9-27(14)20(30)15-12(23)6-4-7-13(15)28(17)11-25-16/h4,6-7,11,14,18H,5,8-10,24H2,1-3H3/t14-,18?/m0/s1. The first kappa shape index (κ1) is 21.9. The zero-order valence-electron chi connectivity index (χ0n) is 18.6. The highest BCUT2D eigenvalue weighted by molar-refractivity contribution is 6.34. The number of hydrogen-bond donors (Lipinski definition) is 1. The van der Waals surface area contributed by atoms with Crippen molar-refractivity contribution in [2.24, 2.45) is 10.7 Å². The first-order valence-corrected chi connectivity index (χ1v) is 11.2. The Labute approximate surface area is 195 Å². The highest BCUT2D eigenvalue weighted by atomic mass is 35.5. The number of halogens is 1. The predicted molar refractivity (Wildman–Crippen MR) is 120 cm³/mol. The minimum atomic E-state index is -0.757. The topological polar surface area (TPSA) is 115 Å². The molecule has 0 bridgehead atoms. The summed E-state index contributed by atoms with van der Waals surface area (Å²) in [6.07, 6.45) is 2.53. The van der Waals surface area contributed by atoms with E-state index in [1.165, 1.54) is 5.06 Å². The predicted octanol–water partition coefficient (Wildman–Crippen LogP) is 2.72. The lowest BCUT2D eigenvalue weighted by Crippen LogP contribution is -2.34. The fourth-order valence-corrected chi connectivity index (χ4v) is 4.81. The molecule has 1 aromatic heterocycles. The Bertz CT molecular complexity index is 1170. The lowest BCUT2D eigenvalue weighted by Gasteiger charge is -2.25. The fraction of sp³-hybridized carbons (Fsp3) is 0.455. The van der Waals surface area contributed by atoms with Gasteiger partial charge in [-0.25, -0.2) is 14.8 Å². The molecular formula is C22H25ClN6O4. The number of esters is 1. The monoisotopic (exact) mass is 472 g/mol. The number of carbonyl (C=O) groups is 2. The van der Waals surface area contributed by atoms with E-state index in [-0.39, 0.29) is 24.5 Å². The number of fused-ring (bicyclic) bond motifs is 5. The van der Waals surface area contributed by atoms with Gasteiger partial charge in [0.2, 0.25) is 0 Å². The van der Waals surface area contributed by atoms with Crippen LogP contribution in [0.15, 0.2) is 29.5 Å². The number of ether oxygens (including phenoxy) is 1. The van der Waals surface area contributed by atoms with E-state index in [1.807, 2.05) is 15.5 Å². The third-order valence-electron chi connectivity index (χ3n) is 5.84. The minimum absolute atomic E-state index is 0.0253. The van der Waals surface area contributed by atoms with Gasteiger partial charge in [-0.3, -0.25) is 9.36 Å². The van der Waals surface area contributed by atoms with Crippen LogP contribution in [0.1, 0.15) is 67.6 Å². The van der Waals surface area contributed by atoms with Crippen LogP contribution in [0.5, 0.6) is 0 Å². The van der Waals surface area contributed by atoms with Gasteiger partial charge in [-0.05, 0) is 45.7 Å². The summed E-state index contributed by atoms with van der Waals surface area (Å²) in [5, 5.41) is 1.78. The van der Waals surface area contributed by atoms with Crippen LogP contribution >= 0.6 is 11.6 Å². The Balaban J connectivity index is 1.63. The Hall–Kier alpha value is -2.95. The number of amides is 1. The minimum Gasteiger partial charge on any atom is -0.453 e. The summed E-state index contributed by atoms with van der Waals surface area (Å²) < 4.78 is 7.29. The molecule has 0 radical (unpaired) electrons. The largest absolute Gasteiger partial charge is 0.453 e. The number of carbonyl (C=O) groups excluding carboxylic acids is 2. The molecule has 3 aliphatic heterocycles. The van der Waals surface area contributed by atoms with Gasteiger partial charge in [-0.2, -0.15) is 0 Å². The molecule has 1 unspecified atom stereocenters. The van der Waals surface area contributed by atoms with Crippen LogP contribution in [-0.2, 0) is 14.4 Å². The van der Waals surface area contributed by atoms with Crippen molar-refractivity contribution in [3.8, 4) is 5.69 Å². The average molecular weight is 473 g/mol. The van der Waals surface area contributed by atoms with Crippen LogP contribution in [0, 0.1) is 0 Å². The molecule has 174 valence electrons. The van der Waals surface area contributed by atoms with Gasteiger partial charge in [0.05, 0.1) is 41.0 Å². The quantitative estimate of drug-likeness (QED) is 0.683. The van der Waals surface area contributed by atoms with Crippen LogP contribution in [0.2, 0.25) is 5.02 Å². The van der Waals surface area contributed by atoms with Gasteiger partial charge >= 0.3 is 11.9 Å². The van der Waals surface area contributed by atoms with Crippen molar-refractivity contribution in [1.29, 1.82) is 0 Å². The van der Waals surface area contributed by atoms with Crippen molar-refractivity contribution >= 4 is 29.4 Å². The van der Waals surface area contributed by atoms with Gasteiger partial charge in [0, 0.05) is 6.54 Å². The Morgan fingerprint density at radius 1 is 1.36 bits per heavy atom.